The van der Waals surface area contributed by atoms with Gasteiger partial charge >= 0.3 is 0 Å². The molecule has 1 N–H and O–H groups in total. The Morgan fingerprint density at radius 3 is 2.67 bits per heavy atom. The molecule has 0 saturated heterocycles. The molecule has 1 atom stereocenters. The van der Waals surface area contributed by atoms with Crippen molar-refractivity contribution in [2.24, 2.45) is 10.4 Å². The van der Waals surface area contributed by atoms with Gasteiger partial charge in [-0.25, -0.2) is 0 Å². The summed E-state index contributed by atoms with van der Waals surface area (Å²) in [5.41, 5.74) is 3.85. The highest BCUT2D eigenvalue weighted by molar-refractivity contribution is 6.02. The van der Waals surface area contributed by atoms with Crippen molar-refractivity contribution in [3.05, 3.63) is 29.3 Å². The molecular formula is C16H23NO. The SMILES string of the molecule is CCCC1=NC(C(C)(C)C)Cc2cc(O)ccc21. The van der Waals surface area contributed by atoms with E-state index >= 15 is 0 Å². The van der Waals surface area contributed by atoms with E-state index in [4.69, 9.17) is 4.99 Å². The lowest BCUT2D eigenvalue weighted by molar-refractivity contribution is 0.317. The highest BCUT2D eigenvalue weighted by Gasteiger charge is 2.29. The molecule has 0 saturated carbocycles. The number of hydrogen-bond donors (Lipinski definition) is 1. The third-order valence-electron chi connectivity index (χ3n) is 3.61. The van der Waals surface area contributed by atoms with Crippen molar-refractivity contribution in [1.29, 1.82) is 0 Å². The van der Waals surface area contributed by atoms with Gasteiger partial charge in [-0.05, 0) is 47.6 Å². The second kappa shape index (κ2) is 4.75. The maximum absolute atomic E-state index is 9.65. The van der Waals surface area contributed by atoms with Crippen molar-refractivity contribution < 1.29 is 5.11 Å². The number of phenols is 1. The number of rotatable bonds is 2. The van der Waals surface area contributed by atoms with Gasteiger partial charge in [0.15, 0.2) is 0 Å². The van der Waals surface area contributed by atoms with Crippen LogP contribution in [0.5, 0.6) is 5.75 Å². The third-order valence-corrected chi connectivity index (χ3v) is 3.61. The first-order valence-corrected chi connectivity index (χ1v) is 6.80. The van der Waals surface area contributed by atoms with Gasteiger partial charge in [0.1, 0.15) is 5.75 Å². The second-order valence-corrected chi connectivity index (χ2v) is 6.25. The summed E-state index contributed by atoms with van der Waals surface area (Å²) in [6.45, 7) is 8.89. The van der Waals surface area contributed by atoms with Crippen molar-refractivity contribution in [1.82, 2.24) is 0 Å². The van der Waals surface area contributed by atoms with Crippen LogP contribution in [-0.2, 0) is 6.42 Å². The van der Waals surface area contributed by atoms with Crippen LogP contribution in [0.2, 0.25) is 0 Å². The van der Waals surface area contributed by atoms with E-state index < -0.39 is 0 Å². The van der Waals surface area contributed by atoms with Gasteiger partial charge in [0.2, 0.25) is 0 Å². The monoisotopic (exact) mass is 245 g/mol. The Labute approximate surface area is 110 Å². The zero-order valence-electron chi connectivity index (χ0n) is 11.8. The fourth-order valence-electron chi connectivity index (χ4n) is 2.48. The molecule has 1 aliphatic rings. The fourth-order valence-corrected chi connectivity index (χ4v) is 2.48. The van der Waals surface area contributed by atoms with Crippen LogP contribution >= 0.6 is 0 Å². The van der Waals surface area contributed by atoms with Crippen molar-refractivity contribution in [3.63, 3.8) is 0 Å². The molecule has 0 aromatic heterocycles. The van der Waals surface area contributed by atoms with Crippen LogP contribution in [0.4, 0.5) is 0 Å². The molecule has 2 nitrogen and oxygen atoms in total. The number of hydrogen-bond acceptors (Lipinski definition) is 2. The van der Waals surface area contributed by atoms with Crippen molar-refractivity contribution >= 4 is 5.71 Å². The zero-order valence-corrected chi connectivity index (χ0v) is 11.8. The van der Waals surface area contributed by atoms with Gasteiger partial charge in [0.05, 0.1) is 6.04 Å². The summed E-state index contributed by atoms with van der Waals surface area (Å²) in [7, 11) is 0. The van der Waals surface area contributed by atoms with Crippen LogP contribution in [0.3, 0.4) is 0 Å². The highest BCUT2D eigenvalue weighted by atomic mass is 16.3. The number of nitrogens with zero attached hydrogens (tertiary/aromatic N) is 1. The standard InChI is InChI=1S/C16H23NO/c1-5-6-14-13-8-7-12(18)9-11(13)10-15(17-14)16(2,3)4/h7-9,15,18H,5-6,10H2,1-4H3. The second-order valence-electron chi connectivity index (χ2n) is 6.25. The molecule has 1 aromatic carbocycles. The molecule has 1 unspecified atom stereocenters. The van der Waals surface area contributed by atoms with E-state index in [1.54, 1.807) is 6.07 Å². The van der Waals surface area contributed by atoms with E-state index in [9.17, 15) is 5.11 Å². The molecule has 2 heteroatoms. The smallest absolute Gasteiger partial charge is 0.115 e. The van der Waals surface area contributed by atoms with E-state index in [2.05, 4.69) is 27.7 Å². The lowest BCUT2D eigenvalue weighted by Gasteiger charge is -2.32. The minimum Gasteiger partial charge on any atom is -0.508 e. The lowest BCUT2D eigenvalue weighted by Crippen LogP contribution is -2.32. The van der Waals surface area contributed by atoms with Gasteiger partial charge in [-0.2, -0.15) is 0 Å². The number of phenolic OH excluding ortho intramolecular Hbond substituents is 1. The molecule has 98 valence electrons. The number of aliphatic imine (C=N–C) groups is 1. The van der Waals surface area contributed by atoms with Gasteiger partial charge < -0.3 is 5.11 Å². The largest absolute Gasteiger partial charge is 0.508 e. The normalized spacial score (nSPS) is 19.3. The Balaban J connectivity index is 2.44. The number of fused-ring (bicyclic) bond motifs is 1. The molecule has 1 aliphatic heterocycles. The Kier molecular flexibility index (Phi) is 3.47. The fraction of sp³-hybridized carbons (Fsp3) is 0.562. The van der Waals surface area contributed by atoms with Crippen LogP contribution in [0.15, 0.2) is 23.2 Å². The summed E-state index contributed by atoms with van der Waals surface area (Å²) in [6, 6.07) is 5.99. The van der Waals surface area contributed by atoms with Crippen LogP contribution in [0.25, 0.3) is 0 Å². The predicted octanol–water partition coefficient (Wildman–Crippen LogP) is 3.95. The predicted molar refractivity (Wildman–Crippen MR) is 76.5 cm³/mol. The molecule has 0 bridgehead atoms. The summed E-state index contributed by atoms with van der Waals surface area (Å²) in [4.78, 5) is 4.95. The first-order chi connectivity index (χ1) is 8.41. The summed E-state index contributed by atoms with van der Waals surface area (Å²) < 4.78 is 0. The Hall–Kier alpha value is -1.31. The first kappa shape index (κ1) is 13.1. The molecule has 0 aliphatic carbocycles. The summed E-state index contributed by atoms with van der Waals surface area (Å²) in [5.74, 6) is 0.360. The minimum absolute atomic E-state index is 0.169. The summed E-state index contributed by atoms with van der Waals surface area (Å²) >= 11 is 0. The van der Waals surface area contributed by atoms with Crippen LogP contribution in [0.1, 0.15) is 51.7 Å². The maximum Gasteiger partial charge on any atom is 0.115 e. The van der Waals surface area contributed by atoms with E-state index in [-0.39, 0.29) is 5.41 Å². The third kappa shape index (κ3) is 2.58. The van der Waals surface area contributed by atoms with Gasteiger partial charge in [-0.15, -0.1) is 0 Å². The average Bonchev–Trinajstić information content (AvgIpc) is 2.27. The van der Waals surface area contributed by atoms with Crippen molar-refractivity contribution in [2.75, 3.05) is 0 Å². The molecule has 0 radical (unpaired) electrons. The summed E-state index contributed by atoms with van der Waals surface area (Å²) in [6.07, 6.45) is 3.06. The van der Waals surface area contributed by atoms with Crippen LogP contribution in [-0.4, -0.2) is 16.9 Å². The van der Waals surface area contributed by atoms with Gasteiger partial charge in [0, 0.05) is 5.71 Å². The van der Waals surface area contributed by atoms with Crippen molar-refractivity contribution in [2.45, 2.75) is 53.0 Å². The average molecular weight is 245 g/mol. The lowest BCUT2D eigenvalue weighted by atomic mass is 9.79. The van der Waals surface area contributed by atoms with Crippen molar-refractivity contribution in [3.8, 4) is 5.75 Å². The zero-order chi connectivity index (χ0) is 13.3. The van der Waals surface area contributed by atoms with E-state index in [0.717, 1.165) is 19.3 Å². The quantitative estimate of drug-likeness (QED) is 0.840. The van der Waals surface area contributed by atoms with Crippen LogP contribution < -0.4 is 0 Å². The molecule has 0 spiro atoms. The van der Waals surface area contributed by atoms with Gasteiger partial charge in [-0.3, -0.25) is 4.99 Å². The summed E-state index contributed by atoms with van der Waals surface area (Å²) in [5, 5.41) is 9.65. The first-order valence-electron chi connectivity index (χ1n) is 6.80. The maximum atomic E-state index is 9.65. The minimum atomic E-state index is 0.169. The highest BCUT2D eigenvalue weighted by Crippen LogP contribution is 2.33. The van der Waals surface area contributed by atoms with E-state index in [1.807, 2.05) is 12.1 Å². The van der Waals surface area contributed by atoms with Gasteiger partial charge in [0.25, 0.3) is 0 Å². The molecular weight excluding hydrogens is 222 g/mol. The Morgan fingerprint density at radius 1 is 1.33 bits per heavy atom. The molecule has 0 fully saturated rings. The van der Waals surface area contributed by atoms with Gasteiger partial charge in [-0.1, -0.05) is 34.1 Å². The molecule has 18 heavy (non-hydrogen) atoms. The number of benzene rings is 1. The van der Waals surface area contributed by atoms with E-state index in [1.165, 1.54) is 16.8 Å². The van der Waals surface area contributed by atoms with Crippen LogP contribution in [0, 0.1) is 5.41 Å². The topological polar surface area (TPSA) is 32.6 Å². The molecule has 1 aromatic rings. The number of aromatic hydroxyl groups is 1. The van der Waals surface area contributed by atoms with E-state index in [0.29, 0.717) is 11.8 Å². The Bertz CT molecular complexity index is 468. The molecule has 1 heterocycles. The molecule has 0 amide bonds. The molecule has 2 rings (SSSR count). The Morgan fingerprint density at radius 2 is 2.06 bits per heavy atom.